The number of nitrogens with one attached hydrogen (secondary N) is 1. The molecular formula is C21H24N4O2S. The zero-order valence-electron chi connectivity index (χ0n) is 16.1. The van der Waals surface area contributed by atoms with E-state index in [1.165, 1.54) is 11.6 Å². The van der Waals surface area contributed by atoms with Crippen molar-refractivity contribution in [2.45, 2.75) is 38.7 Å². The Morgan fingerprint density at radius 2 is 1.93 bits per heavy atom. The van der Waals surface area contributed by atoms with Crippen molar-refractivity contribution in [3.05, 3.63) is 53.7 Å². The average molecular weight is 397 g/mol. The Bertz CT molecular complexity index is 1070. The molecule has 28 heavy (non-hydrogen) atoms. The highest BCUT2D eigenvalue weighted by Crippen LogP contribution is 2.36. The smallest absolute Gasteiger partial charge is 0.166 e. The number of aryl methyl sites for hydroxylation is 1. The van der Waals surface area contributed by atoms with Crippen LogP contribution in [0.3, 0.4) is 0 Å². The highest BCUT2D eigenvalue weighted by Gasteiger charge is 2.30. The summed E-state index contributed by atoms with van der Waals surface area (Å²) >= 11 is 4.61. The van der Waals surface area contributed by atoms with Gasteiger partial charge in [-0.05, 0) is 48.7 Å². The van der Waals surface area contributed by atoms with Crippen molar-refractivity contribution >= 4 is 35.1 Å². The molecule has 3 aromatic rings. The maximum absolute atomic E-state index is 10.5. The lowest BCUT2D eigenvalue weighted by molar-refractivity contribution is 0.443. The first kappa shape index (κ1) is 18.6. The number of thiol groups is 1. The molecule has 7 heteroatoms. The van der Waals surface area contributed by atoms with E-state index in [4.69, 9.17) is 0 Å². The highest BCUT2D eigenvalue weighted by molar-refractivity contribution is 7.81. The van der Waals surface area contributed by atoms with Gasteiger partial charge in [-0.1, -0.05) is 13.8 Å². The second kappa shape index (κ2) is 6.98. The first-order valence-corrected chi connectivity index (χ1v) is 9.88. The lowest BCUT2D eigenvalue weighted by Gasteiger charge is -2.25. The van der Waals surface area contributed by atoms with Gasteiger partial charge < -0.3 is 14.8 Å². The molecule has 1 aliphatic rings. The fourth-order valence-electron chi connectivity index (χ4n) is 3.65. The maximum Gasteiger partial charge on any atom is 0.166 e. The second-order valence-electron chi connectivity index (χ2n) is 7.24. The minimum Gasteiger partial charge on any atom is -0.508 e. The van der Waals surface area contributed by atoms with Crippen molar-refractivity contribution in [3.8, 4) is 11.5 Å². The molecule has 0 amide bonds. The highest BCUT2D eigenvalue weighted by atomic mass is 32.1. The van der Waals surface area contributed by atoms with Gasteiger partial charge in [-0.3, -0.25) is 10.3 Å². The summed E-state index contributed by atoms with van der Waals surface area (Å²) in [5, 5.41) is 26.2. The van der Waals surface area contributed by atoms with Crippen LogP contribution in [0.25, 0.3) is 10.9 Å². The molecule has 146 valence electrons. The zero-order chi connectivity index (χ0) is 20.0. The van der Waals surface area contributed by atoms with Crippen molar-refractivity contribution < 1.29 is 10.2 Å². The number of hydrazone groups is 1. The lowest BCUT2D eigenvalue weighted by Crippen LogP contribution is -2.36. The number of anilines is 1. The Balaban J connectivity index is 1.80. The molecule has 0 saturated heterocycles. The minimum atomic E-state index is -0.364. The van der Waals surface area contributed by atoms with Gasteiger partial charge in [-0.15, -0.1) is 12.6 Å². The van der Waals surface area contributed by atoms with Crippen molar-refractivity contribution in [1.82, 2.24) is 9.99 Å². The third-order valence-electron chi connectivity index (χ3n) is 5.14. The molecule has 1 aromatic heterocycles. The molecule has 2 heterocycles. The van der Waals surface area contributed by atoms with Crippen molar-refractivity contribution in [3.63, 3.8) is 0 Å². The molecule has 1 unspecified atom stereocenters. The van der Waals surface area contributed by atoms with Gasteiger partial charge >= 0.3 is 0 Å². The van der Waals surface area contributed by atoms with Crippen LogP contribution >= 0.6 is 12.6 Å². The van der Waals surface area contributed by atoms with E-state index in [1.54, 1.807) is 6.07 Å². The van der Waals surface area contributed by atoms with E-state index in [1.807, 2.05) is 24.8 Å². The van der Waals surface area contributed by atoms with Crippen LogP contribution in [-0.2, 0) is 6.54 Å². The van der Waals surface area contributed by atoms with Gasteiger partial charge in [-0.2, -0.15) is 5.10 Å². The minimum absolute atomic E-state index is 0.0203. The average Bonchev–Trinajstić information content (AvgIpc) is 3.24. The fourth-order valence-corrected chi connectivity index (χ4v) is 3.95. The van der Waals surface area contributed by atoms with Crippen molar-refractivity contribution in [1.29, 1.82) is 0 Å². The molecule has 0 radical (unpaired) electrons. The Morgan fingerprint density at radius 1 is 1.14 bits per heavy atom. The van der Waals surface area contributed by atoms with E-state index in [-0.39, 0.29) is 22.9 Å². The number of amidine groups is 1. The molecule has 0 saturated carbocycles. The van der Waals surface area contributed by atoms with Crippen LogP contribution < -0.4 is 10.3 Å². The van der Waals surface area contributed by atoms with Gasteiger partial charge in [-0.25, -0.2) is 0 Å². The van der Waals surface area contributed by atoms with Gasteiger partial charge in [0.15, 0.2) is 11.3 Å². The fraction of sp³-hybridized carbons (Fsp3) is 0.286. The first-order chi connectivity index (χ1) is 13.4. The van der Waals surface area contributed by atoms with Crippen molar-refractivity contribution in [2.75, 3.05) is 4.90 Å². The number of benzene rings is 2. The summed E-state index contributed by atoms with van der Waals surface area (Å²) in [4.78, 5) is 1.93. The molecule has 0 fully saturated rings. The summed E-state index contributed by atoms with van der Waals surface area (Å²) in [5.74, 6) is 0.737. The van der Waals surface area contributed by atoms with Gasteiger partial charge in [0.25, 0.3) is 0 Å². The summed E-state index contributed by atoms with van der Waals surface area (Å²) in [6, 6.07) is 11.5. The number of nitrogens with zero attached hydrogens (tertiary/aromatic N) is 3. The van der Waals surface area contributed by atoms with E-state index in [0.717, 1.165) is 23.2 Å². The number of hydrogen-bond acceptors (Lipinski definition) is 6. The number of aromatic hydroxyl groups is 2. The quantitative estimate of drug-likeness (QED) is 0.499. The van der Waals surface area contributed by atoms with E-state index >= 15 is 0 Å². The SMILES string of the molecule is CCn1ccc2cc(N3C(c4cc(C(C)C)c(O)cc4O)=NNC3S)ccc21. The van der Waals surface area contributed by atoms with Crippen LogP contribution in [0, 0.1) is 0 Å². The predicted molar refractivity (Wildman–Crippen MR) is 116 cm³/mol. The zero-order valence-corrected chi connectivity index (χ0v) is 17.0. The third-order valence-corrected chi connectivity index (χ3v) is 5.49. The van der Waals surface area contributed by atoms with Gasteiger partial charge in [0.2, 0.25) is 0 Å². The molecule has 6 nitrogen and oxygen atoms in total. The molecule has 1 atom stereocenters. The standard InChI is InChI=1S/C21H24N4O2S/c1-4-24-8-7-13-9-14(5-6-17(13)24)25-20(22-23-21(25)28)16-10-15(12(2)3)18(26)11-19(16)27/h5-12,21,23,26-28H,4H2,1-3H3. The van der Waals surface area contributed by atoms with Crippen LogP contribution in [0.2, 0.25) is 0 Å². The van der Waals surface area contributed by atoms with E-state index < -0.39 is 0 Å². The van der Waals surface area contributed by atoms with E-state index in [2.05, 4.69) is 59.0 Å². The van der Waals surface area contributed by atoms with Crippen LogP contribution in [0.5, 0.6) is 11.5 Å². The van der Waals surface area contributed by atoms with Crippen LogP contribution in [0.1, 0.15) is 37.8 Å². The monoisotopic (exact) mass is 396 g/mol. The Hall–Kier alpha value is -2.80. The van der Waals surface area contributed by atoms with E-state index in [9.17, 15) is 10.2 Å². The molecule has 3 N–H and O–H groups in total. The molecule has 2 aromatic carbocycles. The largest absolute Gasteiger partial charge is 0.508 e. The number of phenolic OH excluding ortho intramolecular Hbond substituents is 2. The van der Waals surface area contributed by atoms with Gasteiger partial charge in [0, 0.05) is 35.4 Å². The summed E-state index contributed by atoms with van der Waals surface area (Å²) < 4.78 is 2.19. The molecule has 1 aliphatic heterocycles. The number of aromatic nitrogens is 1. The summed E-state index contributed by atoms with van der Waals surface area (Å²) in [6.07, 6.45) is 2.07. The second-order valence-corrected chi connectivity index (χ2v) is 7.73. The van der Waals surface area contributed by atoms with Crippen molar-refractivity contribution in [2.24, 2.45) is 5.10 Å². The number of fused-ring (bicyclic) bond motifs is 1. The molecule has 0 bridgehead atoms. The maximum atomic E-state index is 10.5. The predicted octanol–water partition coefficient (Wildman–Crippen LogP) is 4.18. The number of hydrogen-bond donors (Lipinski definition) is 4. The topological polar surface area (TPSA) is 73.0 Å². The molecular weight excluding hydrogens is 372 g/mol. The summed E-state index contributed by atoms with van der Waals surface area (Å²) in [7, 11) is 0. The number of phenols is 2. The Kier molecular flexibility index (Phi) is 4.63. The Labute approximate surface area is 169 Å². The van der Waals surface area contributed by atoms with E-state index in [0.29, 0.717) is 11.4 Å². The van der Waals surface area contributed by atoms with Gasteiger partial charge in [0.05, 0.1) is 5.56 Å². The number of rotatable bonds is 4. The molecule has 4 rings (SSSR count). The molecule has 0 spiro atoms. The Morgan fingerprint density at radius 3 is 2.64 bits per heavy atom. The third kappa shape index (κ3) is 2.96. The van der Waals surface area contributed by atoms with Crippen LogP contribution in [0.15, 0.2) is 47.7 Å². The first-order valence-electron chi connectivity index (χ1n) is 9.36. The molecule has 0 aliphatic carbocycles. The normalized spacial score (nSPS) is 16.7. The van der Waals surface area contributed by atoms with Gasteiger partial charge in [0.1, 0.15) is 11.5 Å². The van der Waals surface area contributed by atoms with Crippen LogP contribution in [0.4, 0.5) is 5.69 Å². The lowest BCUT2D eigenvalue weighted by atomic mass is 9.98. The van der Waals surface area contributed by atoms with Crippen LogP contribution in [-0.4, -0.2) is 26.1 Å². The summed E-state index contributed by atoms with van der Waals surface area (Å²) in [6.45, 7) is 7.02. The summed E-state index contributed by atoms with van der Waals surface area (Å²) in [5.41, 5.74) is 6.01.